The van der Waals surface area contributed by atoms with Gasteiger partial charge in [0.2, 0.25) is 11.8 Å². The Morgan fingerprint density at radius 2 is 1.64 bits per heavy atom. The van der Waals surface area contributed by atoms with Gasteiger partial charge in [-0.25, -0.2) is 0 Å². The van der Waals surface area contributed by atoms with E-state index >= 15 is 0 Å². The number of anilines is 1. The minimum Gasteiger partial charge on any atom is -0.369 e. The second-order valence-corrected chi connectivity index (χ2v) is 6.18. The van der Waals surface area contributed by atoms with Gasteiger partial charge in [-0.1, -0.05) is 17.7 Å². The monoisotopic (exact) mass is 321 g/mol. The van der Waals surface area contributed by atoms with Gasteiger partial charge in [0.25, 0.3) is 0 Å². The van der Waals surface area contributed by atoms with E-state index in [2.05, 4.69) is 15.9 Å². The van der Waals surface area contributed by atoms with Gasteiger partial charge in [-0.3, -0.25) is 19.4 Å². The second kappa shape index (κ2) is 6.67. The molecule has 2 aliphatic heterocycles. The van der Waals surface area contributed by atoms with Crippen LogP contribution in [0.2, 0.25) is 5.02 Å². The Morgan fingerprint density at radius 1 is 0.955 bits per heavy atom. The lowest BCUT2D eigenvalue weighted by Gasteiger charge is -2.36. The van der Waals surface area contributed by atoms with Gasteiger partial charge >= 0.3 is 0 Å². The molecule has 1 aromatic rings. The number of hydrogen-bond acceptors (Lipinski definition) is 4. The standard InChI is InChI=1S/C16H20ClN3O2/c17-13-2-1-3-14(12-13)19-9-6-18(7-10-19)8-11-20-15(21)4-5-16(20)22/h1-3,12H,4-11H2. The molecule has 22 heavy (non-hydrogen) atoms. The summed E-state index contributed by atoms with van der Waals surface area (Å²) < 4.78 is 0. The Balaban J connectivity index is 1.48. The van der Waals surface area contributed by atoms with Gasteiger partial charge in [0, 0.05) is 62.8 Å². The lowest BCUT2D eigenvalue weighted by Crippen LogP contribution is -2.49. The number of rotatable bonds is 4. The molecule has 0 radical (unpaired) electrons. The molecule has 2 aliphatic rings. The van der Waals surface area contributed by atoms with Crippen molar-refractivity contribution in [2.45, 2.75) is 12.8 Å². The number of halogens is 1. The molecule has 0 spiro atoms. The van der Waals surface area contributed by atoms with Crippen molar-refractivity contribution in [2.24, 2.45) is 0 Å². The molecule has 0 N–H and O–H groups in total. The summed E-state index contributed by atoms with van der Waals surface area (Å²) in [6.45, 7) is 5.02. The average Bonchev–Trinajstić information content (AvgIpc) is 2.84. The average molecular weight is 322 g/mol. The van der Waals surface area contributed by atoms with Gasteiger partial charge in [-0.15, -0.1) is 0 Å². The highest BCUT2D eigenvalue weighted by molar-refractivity contribution is 6.30. The molecule has 2 saturated heterocycles. The molecule has 0 aliphatic carbocycles. The van der Waals surface area contributed by atoms with Crippen molar-refractivity contribution in [3.05, 3.63) is 29.3 Å². The first-order chi connectivity index (χ1) is 10.6. The Morgan fingerprint density at radius 3 is 2.27 bits per heavy atom. The van der Waals surface area contributed by atoms with Crippen molar-refractivity contribution in [2.75, 3.05) is 44.2 Å². The molecule has 0 atom stereocenters. The highest BCUT2D eigenvalue weighted by atomic mass is 35.5. The van der Waals surface area contributed by atoms with E-state index in [9.17, 15) is 9.59 Å². The molecule has 6 heteroatoms. The largest absolute Gasteiger partial charge is 0.369 e. The fraction of sp³-hybridized carbons (Fsp3) is 0.500. The van der Waals surface area contributed by atoms with Crippen LogP contribution in [0.1, 0.15) is 12.8 Å². The molecule has 1 aromatic carbocycles. The van der Waals surface area contributed by atoms with E-state index in [-0.39, 0.29) is 11.8 Å². The van der Waals surface area contributed by atoms with E-state index in [4.69, 9.17) is 11.6 Å². The molecule has 2 heterocycles. The summed E-state index contributed by atoms with van der Waals surface area (Å²) in [5, 5.41) is 0.756. The van der Waals surface area contributed by atoms with E-state index in [1.807, 2.05) is 18.2 Å². The van der Waals surface area contributed by atoms with Gasteiger partial charge in [-0.05, 0) is 18.2 Å². The number of likely N-dealkylation sites (tertiary alicyclic amines) is 1. The van der Waals surface area contributed by atoms with Crippen molar-refractivity contribution in [1.29, 1.82) is 0 Å². The first-order valence-electron chi connectivity index (χ1n) is 7.69. The van der Waals surface area contributed by atoms with Crippen molar-refractivity contribution in [3.63, 3.8) is 0 Å². The van der Waals surface area contributed by atoms with Crippen molar-refractivity contribution < 1.29 is 9.59 Å². The quantitative estimate of drug-likeness (QED) is 0.790. The van der Waals surface area contributed by atoms with Crippen LogP contribution in [-0.2, 0) is 9.59 Å². The van der Waals surface area contributed by atoms with Gasteiger partial charge < -0.3 is 4.90 Å². The summed E-state index contributed by atoms with van der Waals surface area (Å²) in [7, 11) is 0. The van der Waals surface area contributed by atoms with Crippen LogP contribution in [-0.4, -0.2) is 60.9 Å². The van der Waals surface area contributed by atoms with Crippen LogP contribution in [0, 0.1) is 0 Å². The zero-order valence-electron chi connectivity index (χ0n) is 12.5. The van der Waals surface area contributed by atoms with Gasteiger partial charge in [0.15, 0.2) is 0 Å². The Hall–Kier alpha value is -1.59. The summed E-state index contributed by atoms with van der Waals surface area (Å²) in [4.78, 5) is 29.2. The van der Waals surface area contributed by atoms with Crippen LogP contribution in [0.25, 0.3) is 0 Å². The number of hydrogen-bond donors (Lipinski definition) is 0. The molecule has 2 amide bonds. The number of amides is 2. The molecule has 0 unspecified atom stereocenters. The zero-order chi connectivity index (χ0) is 15.5. The third-order valence-corrected chi connectivity index (χ3v) is 4.58. The van der Waals surface area contributed by atoms with Crippen LogP contribution in [0.4, 0.5) is 5.69 Å². The lowest BCUT2D eigenvalue weighted by atomic mass is 10.2. The highest BCUT2D eigenvalue weighted by Gasteiger charge is 2.29. The van der Waals surface area contributed by atoms with E-state index < -0.39 is 0 Å². The molecule has 0 bridgehead atoms. The molecule has 2 fully saturated rings. The fourth-order valence-electron chi connectivity index (χ4n) is 3.02. The smallest absolute Gasteiger partial charge is 0.229 e. The number of imide groups is 1. The zero-order valence-corrected chi connectivity index (χ0v) is 13.3. The second-order valence-electron chi connectivity index (χ2n) is 5.75. The number of carbonyl (C=O) groups is 2. The van der Waals surface area contributed by atoms with Crippen LogP contribution >= 0.6 is 11.6 Å². The number of piperazine rings is 1. The first kappa shape index (κ1) is 15.3. The fourth-order valence-corrected chi connectivity index (χ4v) is 3.20. The van der Waals surface area contributed by atoms with Gasteiger partial charge in [0.1, 0.15) is 0 Å². The van der Waals surface area contributed by atoms with Crippen molar-refractivity contribution >= 4 is 29.1 Å². The lowest BCUT2D eigenvalue weighted by molar-refractivity contribution is -0.138. The van der Waals surface area contributed by atoms with E-state index in [1.165, 1.54) is 4.90 Å². The van der Waals surface area contributed by atoms with Crippen LogP contribution < -0.4 is 4.90 Å². The first-order valence-corrected chi connectivity index (χ1v) is 8.07. The Labute approximate surface area is 135 Å². The predicted octanol–water partition coefficient (Wildman–Crippen LogP) is 1.61. The Kier molecular flexibility index (Phi) is 4.64. The third kappa shape index (κ3) is 3.42. The number of carbonyl (C=O) groups excluding carboxylic acids is 2. The number of nitrogens with zero attached hydrogens (tertiary/aromatic N) is 3. The Bertz CT molecular complexity index is 554. The molecule has 118 valence electrons. The SMILES string of the molecule is O=C1CCC(=O)N1CCN1CCN(c2cccc(Cl)c2)CC1. The van der Waals surface area contributed by atoms with Gasteiger partial charge in [0.05, 0.1) is 0 Å². The molecule has 5 nitrogen and oxygen atoms in total. The third-order valence-electron chi connectivity index (χ3n) is 4.34. The molecule has 3 rings (SSSR count). The van der Waals surface area contributed by atoms with E-state index in [0.29, 0.717) is 19.4 Å². The minimum absolute atomic E-state index is 0.0254. The maximum atomic E-state index is 11.6. The minimum atomic E-state index is -0.0254. The summed E-state index contributed by atoms with van der Waals surface area (Å²) >= 11 is 6.04. The van der Waals surface area contributed by atoms with Crippen molar-refractivity contribution in [1.82, 2.24) is 9.80 Å². The summed E-state index contributed by atoms with van der Waals surface area (Å²) in [5.74, 6) is -0.0508. The molecular formula is C16H20ClN3O2. The van der Waals surface area contributed by atoms with E-state index in [0.717, 1.165) is 43.4 Å². The topological polar surface area (TPSA) is 43.9 Å². The summed E-state index contributed by atoms with van der Waals surface area (Å²) in [6.07, 6.45) is 0.753. The summed E-state index contributed by atoms with van der Waals surface area (Å²) in [5.41, 5.74) is 1.15. The van der Waals surface area contributed by atoms with Crippen LogP contribution in [0.5, 0.6) is 0 Å². The maximum Gasteiger partial charge on any atom is 0.229 e. The van der Waals surface area contributed by atoms with E-state index in [1.54, 1.807) is 0 Å². The normalized spacial score (nSPS) is 20.0. The molecule has 0 saturated carbocycles. The molecular weight excluding hydrogens is 302 g/mol. The maximum absolute atomic E-state index is 11.6. The predicted molar refractivity (Wildman–Crippen MR) is 86.1 cm³/mol. The number of benzene rings is 1. The summed E-state index contributed by atoms with van der Waals surface area (Å²) in [6, 6.07) is 7.90. The van der Waals surface area contributed by atoms with Crippen LogP contribution in [0.15, 0.2) is 24.3 Å². The van der Waals surface area contributed by atoms with Gasteiger partial charge in [-0.2, -0.15) is 0 Å². The van der Waals surface area contributed by atoms with Crippen LogP contribution in [0.3, 0.4) is 0 Å². The molecule has 0 aromatic heterocycles. The highest BCUT2D eigenvalue weighted by Crippen LogP contribution is 2.20. The van der Waals surface area contributed by atoms with Crippen molar-refractivity contribution in [3.8, 4) is 0 Å².